The predicted molar refractivity (Wildman–Crippen MR) is 136 cm³/mol. The fourth-order valence-corrected chi connectivity index (χ4v) is 4.85. The van der Waals surface area contributed by atoms with Crippen LogP contribution >= 0.6 is 0 Å². The van der Waals surface area contributed by atoms with Crippen molar-refractivity contribution in [3.63, 3.8) is 0 Å². The third-order valence-corrected chi connectivity index (χ3v) is 6.76. The van der Waals surface area contributed by atoms with Crippen LogP contribution in [0.1, 0.15) is 17.1 Å². The average Bonchev–Trinajstić information content (AvgIpc) is 3.35. The molecule has 186 valence electrons. The van der Waals surface area contributed by atoms with Gasteiger partial charge in [-0.25, -0.2) is 0 Å². The van der Waals surface area contributed by atoms with Crippen molar-refractivity contribution in [2.24, 2.45) is 0 Å². The molecule has 0 spiro atoms. The van der Waals surface area contributed by atoms with Crippen LogP contribution in [0.15, 0.2) is 36.4 Å². The molecule has 1 N–H and O–H groups in total. The number of aromatic amines is 1. The molecule has 0 unspecified atom stereocenters. The number of hydrogen-bond acceptors (Lipinski definition) is 10. The largest absolute Gasteiger partial charge is 0.481 e. The van der Waals surface area contributed by atoms with Crippen molar-refractivity contribution in [2.45, 2.75) is 19.5 Å². The molecule has 0 aliphatic carbocycles. The first-order valence-corrected chi connectivity index (χ1v) is 12.2. The summed E-state index contributed by atoms with van der Waals surface area (Å²) in [6.07, 6.45) is 0.887. The van der Waals surface area contributed by atoms with Crippen molar-refractivity contribution in [1.82, 2.24) is 35.0 Å². The Labute approximate surface area is 209 Å². The van der Waals surface area contributed by atoms with Gasteiger partial charge in [-0.1, -0.05) is 30.3 Å². The lowest BCUT2D eigenvalue weighted by atomic mass is 10.1. The molecule has 4 aromatic rings. The summed E-state index contributed by atoms with van der Waals surface area (Å²) in [6, 6.07) is 12.2. The van der Waals surface area contributed by atoms with E-state index in [0.717, 1.165) is 74.2 Å². The van der Waals surface area contributed by atoms with E-state index >= 15 is 0 Å². The van der Waals surface area contributed by atoms with Crippen LogP contribution in [0.3, 0.4) is 0 Å². The van der Waals surface area contributed by atoms with Crippen LogP contribution in [0.2, 0.25) is 0 Å². The molecule has 5 heterocycles. The van der Waals surface area contributed by atoms with Crippen molar-refractivity contribution in [1.29, 1.82) is 0 Å². The van der Waals surface area contributed by atoms with Crippen LogP contribution in [0.5, 0.6) is 11.8 Å². The van der Waals surface area contributed by atoms with Gasteiger partial charge in [0.1, 0.15) is 11.6 Å². The quantitative estimate of drug-likeness (QED) is 0.416. The average molecular weight is 488 g/mol. The third-order valence-electron chi connectivity index (χ3n) is 6.76. The highest BCUT2D eigenvalue weighted by Gasteiger charge is 2.27. The molecule has 0 saturated carbocycles. The smallest absolute Gasteiger partial charge is 0.229 e. The van der Waals surface area contributed by atoms with Crippen LogP contribution in [0.4, 0.5) is 11.8 Å². The second-order valence-electron chi connectivity index (χ2n) is 9.03. The number of anilines is 2. The zero-order chi connectivity index (χ0) is 24.5. The summed E-state index contributed by atoms with van der Waals surface area (Å²) in [5.74, 6) is 3.40. The van der Waals surface area contributed by atoms with Crippen molar-refractivity contribution < 1.29 is 9.47 Å². The molecule has 1 saturated heterocycles. The minimum atomic E-state index is 0.505. The molecule has 6 rings (SSSR count). The lowest BCUT2D eigenvalue weighted by Crippen LogP contribution is -2.47. The van der Waals surface area contributed by atoms with Gasteiger partial charge < -0.3 is 19.3 Å². The molecule has 3 aromatic heterocycles. The summed E-state index contributed by atoms with van der Waals surface area (Å²) in [7, 11) is 3.19. The molecule has 0 amide bonds. The van der Waals surface area contributed by atoms with Crippen LogP contribution in [-0.2, 0) is 19.5 Å². The van der Waals surface area contributed by atoms with E-state index in [1.54, 1.807) is 20.3 Å². The summed E-state index contributed by atoms with van der Waals surface area (Å²) in [5.41, 5.74) is 3.12. The van der Waals surface area contributed by atoms with E-state index < -0.39 is 0 Å². The maximum Gasteiger partial charge on any atom is 0.229 e. The lowest BCUT2D eigenvalue weighted by Gasteiger charge is -2.35. The van der Waals surface area contributed by atoms with Gasteiger partial charge in [-0.05, 0) is 5.56 Å². The normalized spacial score (nSPS) is 15.9. The van der Waals surface area contributed by atoms with E-state index in [1.165, 1.54) is 5.56 Å². The molecule has 36 heavy (non-hydrogen) atoms. The number of rotatable bonds is 7. The molecule has 2 aliphatic rings. The van der Waals surface area contributed by atoms with Crippen LogP contribution < -0.4 is 19.3 Å². The van der Waals surface area contributed by atoms with Gasteiger partial charge in [0.15, 0.2) is 5.65 Å². The Morgan fingerprint density at radius 1 is 0.861 bits per heavy atom. The predicted octanol–water partition coefficient (Wildman–Crippen LogP) is 2.04. The molecule has 1 fully saturated rings. The van der Waals surface area contributed by atoms with Crippen molar-refractivity contribution in [3.05, 3.63) is 53.5 Å². The van der Waals surface area contributed by atoms with Crippen LogP contribution in [0, 0.1) is 0 Å². The van der Waals surface area contributed by atoms with E-state index in [1.807, 2.05) is 6.07 Å². The molecular weight excluding hydrogens is 458 g/mol. The molecule has 0 bridgehead atoms. The molecular formula is C25H29N9O2. The zero-order valence-corrected chi connectivity index (χ0v) is 20.5. The number of benzene rings is 1. The number of piperazine rings is 1. The van der Waals surface area contributed by atoms with E-state index in [0.29, 0.717) is 24.1 Å². The standard InChI is InChI=1S/C25H29N9O2/c1-35-20-14-21(36-2)27-19(26-20)16-32-10-12-33(13-11-32)25-28-23-22-18(30-31-23)8-9-34(24(22)29-25)15-17-6-4-3-5-7-17/h3-7,14H,8-13,15-16H2,1-2H3,(H,28,29,30,31). The van der Waals surface area contributed by atoms with Gasteiger partial charge in [0.05, 0.1) is 37.9 Å². The van der Waals surface area contributed by atoms with Crippen molar-refractivity contribution >= 4 is 22.8 Å². The highest BCUT2D eigenvalue weighted by Crippen LogP contribution is 2.33. The van der Waals surface area contributed by atoms with E-state index in [9.17, 15) is 0 Å². The summed E-state index contributed by atoms with van der Waals surface area (Å²) in [6.45, 7) is 5.65. The fraction of sp³-hybridized carbons (Fsp3) is 0.400. The SMILES string of the molecule is COc1cc(OC)nc(CN2CCN(c3nc4c5c(n[nH]c5n3)CCN4Cc3ccccc3)CC2)n1. The maximum atomic E-state index is 5.28. The summed E-state index contributed by atoms with van der Waals surface area (Å²) in [5, 5.41) is 8.71. The molecule has 0 atom stereocenters. The van der Waals surface area contributed by atoms with Gasteiger partial charge in [-0.15, -0.1) is 0 Å². The Bertz CT molecular complexity index is 1330. The monoisotopic (exact) mass is 487 g/mol. The first kappa shape index (κ1) is 22.5. The van der Waals surface area contributed by atoms with Gasteiger partial charge in [-0.2, -0.15) is 25.0 Å². The summed E-state index contributed by atoms with van der Waals surface area (Å²) >= 11 is 0. The minimum absolute atomic E-state index is 0.505. The first-order valence-electron chi connectivity index (χ1n) is 12.2. The Kier molecular flexibility index (Phi) is 5.98. The second kappa shape index (κ2) is 9.57. The van der Waals surface area contributed by atoms with E-state index in [-0.39, 0.29) is 0 Å². The number of nitrogens with zero attached hydrogens (tertiary/aromatic N) is 8. The summed E-state index contributed by atoms with van der Waals surface area (Å²) in [4.78, 5) is 25.8. The van der Waals surface area contributed by atoms with Crippen molar-refractivity contribution in [2.75, 3.05) is 56.7 Å². The number of aromatic nitrogens is 6. The molecule has 11 heteroatoms. The zero-order valence-electron chi connectivity index (χ0n) is 20.5. The molecule has 1 aromatic carbocycles. The highest BCUT2D eigenvalue weighted by molar-refractivity contribution is 5.91. The second-order valence-corrected chi connectivity index (χ2v) is 9.03. The van der Waals surface area contributed by atoms with Gasteiger partial charge in [0, 0.05) is 45.7 Å². The lowest BCUT2D eigenvalue weighted by molar-refractivity contribution is 0.240. The fourth-order valence-electron chi connectivity index (χ4n) is 4.85. The molecule has 0 radical (unpaired) electrons. The van der Waals surface area contributed by atoms with Gasteiger partial charge >= 0.3 is 0 Å². The number of ether oxygens (including phenoxy) is 2. The van der Waals surface area contributed by atoms with Crippen LogP contribution in [0.25, 0.3) is 11.0 Å². The maximum absolute atomic E-state index is 5.28. The number of H-pyrrole nitrogens is 1. The van der Waals surface area contributed by atoms with Crippen molar-refractivity contribution in [3.8, 4) is 11.8 Å². The van der Waals surface area contributed by atoms with Gasteiger partial charge in [0.2, 0.25) is 17.7 Å². The van der Waals surface area contributed by atoms with Gasteiger partial charge in [-0.3, -0.25) is 10.00 Å². The van der Waals surface area contributed by atoms with E-state index in [4.69, 9.17) is 19.4 Å². The Hall–Kier alpha value is -3.99. The molecule has 2 aliphatic heterocycles. The van der Waals surface area contributed by atoms with Gasteiger partial charge in [0.25, 0.3) is 0 Å². The Morgan fingerprint density at radius 3 is 2.33 bits per heavy atom. The number of hydrogen-bond donors (Lipinski definition) is 1. The van der Waals surface area contributed by atoms with E-state index in [2.05, 4.69) is 59.1 Å². The number of methoxy groups -OCH3 is 2. The summed E-state index contributed by atoms with van der Waals surface area (Å²) < 4.78 is 10.6. The first-order chi connectivity index (χ1) is 17.7. The minimum Gasteiger partial charge on any atom is -0.481 e. The Balaban J connectivity index is 1.19. The van der Waals surface area contributed by atoms with Crippen LogP contribution in [-0.4, -0.2) is 82.0 Å². The topological polar surface area (TPSA) is 108 Å². The number of nitrogens with one attached hydrogen (secondary N) is 1. The third kappa shape index (κ3) is 4.37. The molecule has 11 nitrogen and oxygen atoms in total. The highest BCUT2D eigenvalue weighted by atomic mass is 16.5. The Morgan fingerprint density at radius 2 is 1.61 bits per heavy atom.